The number of aromatic nitrogens is 5. The third-order valence-electron chi connectivity index (χ3n) is 5.32. The normalized spacial score (nSPS) is 13.0. The number of nitrogens with zero attached hydrogens (tertiary/aromatic N) is 4. The average molecular weight is 472 g/mol. The van der Waals surface area contributed by atoms with Crippen molar-refractivity contribution in [2.24, 2.45) is 0 Å². The van der Waals surface area contributed by atoms with E-state index in [2.05, 4.69) is 42.7 Å². The highest BCUT2D eigenvalue weighted by molar-refractivity contribution is 7.99. The predicted molar refractivity (Wildman–Crippen MR) is 133 cm³/mol. The minimum atomic E-state index is -0.135. The number of carbonyl (C=O) groups is 1. The number of hydrogen-bond donors (Lipinski definition) is 3. The number of aryl methyl sites for hydroxylation is 1. The van der Waals surface area contributed by atoms with Crippen molar-refractivity contribution in [1.29, 1.82) is 0 Å². The first-order valence-electron chi connectivity index (χ1n) is 11.4. The Hall–Kier alpha value is -3.72. The number of amides is 1. The van der Waals surface area contributed by atoms with E-state index in [1.165, 1.54) is 11.8 Å². The van der Waals surface area contributed by atoms with Gasteiger partial charge in [0.1, 0.15) is 5.82 Å². The average Bonchev–Trinajstić information content (AvgIpc) is 3.62. The summed E-state index contributed by atoms with van der Waals surface area (Å²) < 4.78 is 0. The highest BCUT2D eigenvalue weighted by Gasteiger charge is 2.28. The van der Waals surface area contributed by atoms with Crippen LogP contribution in [0.3, 0.4) is 0 Å². The summed E-state index contributed by atoms with van der Waals surface area (Å²) in [6.45, 7) is 2.13. The van der Waals surface area contributed by atoms with E-state index in [0.717, 1.165) is 47.8 Å². The fourth-order valence-electron chi connectivity index (χ4n) is 3.44. The first-order valence-corrected chi connectivity index (χ1v) is 12.2. The van der Waals surface area contributed by atoms with Crippen LogP contribution in [-0.4, -0.2) is 31.1 Å². The molecule has 172 valence electrons. The number of H-pyrrole nitrogens is 1. The van der Waals surface area contributed by atoms with E-state index in [9.17, 15) is 4.79 Å². The molecular formula is C25H25N7OS. The Morgan fingerprint density at radius 1 is 1.06 bits per heavy atom. The zero-order valence-electron chi connectivity index (χ0n) is 18.8. The van der Waals surface area contributed by atoms with Gasteiger partial charge in [-0.25, -0.2) is 4.98 Å². The lowest BCUT2D eigenvalue weighted by Crippen LogP contribution is -2.11. The van der Waals surface area contributed by atoms with E-state index in [0.29, 0.717) is 28.4 Å². The Labute approximate surface area is 202 Å². The molecule has 9 heteroatoms. The quantitative estimate of drug-likeness (QED) is 0.293. The van der Waals surface area contributed by atoms with Crippen LogP contribution in [0.5, 0.6) is 0 Å². The molecule has 0 spiro atoms. The molecule has 0 saturated heterocycles. The second-order valence-electron chi connectivity index (χ2n) is 8.17. The van der Waals surface area contributed by atoms with E-state index in [1.807, 2.05) is 48.5 Å². The Kier molecular flexibility index (Phi) is 6.53. The molecule has 4 aromatic rings. The Morgan fingerprint density at radius 2 is 1.85 bits per heavy atom. The van der Waals surface area contributed by atoms with E-state index < -0.39 is 0 Å². The molecule has 1 aliphatic carbocycles. The van der Waals surface area contributed by atoms with Gasteiger partial charge in [0.05, 0.1) is 0 Å². The Bertz CT molecular complexity index is 1270. The summed E-state index contributed by atoms with van der Waals surface area (Å²) in [5.41, 5.74) is 2.43. The maximum atomic E-state index is 12.4. The van der Waals surface area contributed by atoms with Gasteiger partial charge in [-0.15, -0.1) is 0 Å². The highest BCUT2D eigenvalue weighted by Crippen LogP contribution is 2.39. The van der Waals surface area contributed by atoms with Crippen molar-refractivity contribution in [3.05, 3.63) is 77.7 Å². The molecule has 2 aromatic heterocycles. The number of hydrogen-bond acceptors (Lipinski definition) is 7. The number of aromatic amines is 1. The predicted octanol–water partition coefficient (Wildman–Crippen LogP) is 5.57. The van der Waals surface area contributed by atoms with Gasteiger partial charge in [-0.1, -0.05) is 31.5 Å². The zero-order chi connectivity index (χ0) is 23.3. The van der Waals surface area contributed by atoms with Crippen LogP contribution < -0.4 is 10.6 Å². The highest BCUT2D eigenvalue weighted by atomic mass is 32.2. The van der Waals surface area contributed by atoms with Gasteiger partial charge in [0.2, 0.25) is 5.95 Å². The van der Waals surface area contributed by atoms with Gasteiger partial charge in [0.25, 0.3) is 5.91 Å². The fourth-order valence-corrected chi connectivity index (χ4v) is 4.19. The molecule has 0 radical (unpaired) electrons. The summed E-state index contributed by atoms with van der Waals surface area (Å²) in [5.74, 6) is 2.28. The molecule has 34 heavy (non-hydrogen) atoms. The molecular weight excluding hydrogens is 446 g/mol. The maximum absolute atomic E-state index is 12.4. The summed E-state index contributed by atoms with van der Waals surface area (Å²) >= 11 is 1.47. The first-order chi connectivity index (χ1) is 16.7. The molecule has 0 unspecified atom stereocenters. The Balaban J connectivity index is 1.29. The van der Waals surface area contributed by atoms with E-state index >= 15 is 0 Å². The Morgan fingerprint density at radius 3 is 2.59 bits per heavy atom. The van der Waals surface area contributed by atoms with Crippen LogP contribution >= 0.6 is 11.8 Å². The van der Waals surface area contributed by atoms with Crippen LogP contribution in [0.25, 0.3) is 0 Å². The lowest BCUT2D eigenvalue weighted by Gasteiger charge is -2.08. The molecule has 5 rings (SSSR count). The molecule has 0 bridgehead atoms. The van der Waals surface area contributed by atoms with Crippen LogP contribution in [0.1, 0.15) is 54.0 Å². The van der Waals surface area contributed by atoms with Crippen molar-refractivity contribution in [2.45, 2.75) is 48.6 Å². The van der Waals surface area contributed by atoms with Crippen LogP contribution in [0, 0.1) is 0 Å². The maximum Gasteiger partial charge on any atom is 0.255 e. The van der Waals surface area contributed by atoms with Gasteiger partial charge in [0.15, 0.2) is 11.0 Å². The number of anilines is 3. The molecule has 1 saturated carbocycles. The lowest BCUT2D eigenvalue weighted by atomic mass is 10.2. The van der Waals surface area contributed by atoms with Crippen molar-refractivity contribution in [1.82, 2.24) is 25.1 Å². The molecule has 2 heterocycles. The minimum absolute atomic E-state index is 0.135. The van der Waals surface area contributed by atoms with Crippen LogP contribution in [0.15, 0.2) is 70.7 Å². The number of nitrogens with one attached hydrogen (secondary N) is 3. The van der Waals surface area contributed by atoms with Crippen LogP contribution in [-0.2, 0) is 6.42 Å². The standard InChI is InChI=1S/C25H25N7OS/c1-2-6-19-15-21(32-31-19)27-24-28-22(16-9-10-16)29-25(30-24)34-20-13-11-18(12-14-20)26-23(33)17-7-4-3-5-8-17/h3-5,7-8,11-16H,2,6,9-10H2,1H3,(H,26,33)(H2,27,28,29,30,31,32). The molecule has 1 amide bonds. The SMILES string of the molecule is CCCc1cc(Nc2nc(Sc3ccc(NC(=O)c4ccccc4)cc3)nc(C3CC3)n2)n[nH]1. The minimum Gasteiger partial charge on any atom is -0.322 e. The van der Waals surface area contributed by atoms with Gasteiger partial charge in [-0.3, -0.25) is 9.89 Å². The van der Waals surface area contributed by atoms with Gasteiger partial charge >= 0.3 is 0 Å². The topological polar surface area (TPSA) is 108 Å². The lowest BCUT2D eigenvalue weighted by molar-refractivity contribution is 0.102. The second kappa shape index (κ2) is 10.0. The zero-order valence-corrected chi connectivity index (χ0v) is 19.6. The van der Waals surface area contributed by atoms with E-state index in [-0.39, 0.29) is 5.91 Å². The van der Waals surface area contributed by atoms with E-state index in [4.69, 9.17) is 0 Å². The van der Waals surface area contributed by atoms with Crippen molar-refractivity contribution in [3.8, 4) is 0 Å². The molecule has 8 nitrogen and oxygen atoms in total. The molecule has 0 atom stereocenters. The third-order valence-corrected chi connectivity index (χ3v) is 6.20. The number of carbonyl (C=O) groups excluding carboxylic acids is 1. The van der Waals surface area contributed by atoms with Crippen LogP contribution in [0.2, 0.25) is 0 Å². The molecule has 1 fully saturated rings. The molecule has 0 aliphatic heterocycles. The van der Waals surface area contributed by atoms with Gasteiger partial charge in [-0.2, -0.15) is 15.1 Å². The monoisotopic (exact) mass is 471 g/mol. The smallest absolute Gasteiger partial charge is 0.255 e. The summed E-state index contributed by atoms with van der Waals surface area (Å²) in [5, 5.41) is 14.1. The summed E-state index contributed by atoms with van der Waals surface area (Å²) in [6, 6.07) is 18.8. The van der Waals surface area contributed by atoms with Gasteiger partial charge < -0.3 is 10.6 Å². The number of rotatable bonds is 9. The second-order valence-corrected chi connectivity index (χ2v) is 9.21. The van der Waals surface area contributed by atoms with Crippen molar-refractivity contribution < 1.29 is 4.79 Å². The van der Waals surface area contributed by atoms with Crippen molar-refractivity contribution >= 4 is 35.1 Å². The van der Waals surface area contributed by atoms with Crippen molar-refractivity contribution in [2.75, 3.05) is 10.6 Å². The summed E-state index contributed by atoms with van der Waals surface area (Å²) in [7, 11) is 0. The number of benzene rings is 2. The first kappa shape index (κ1) is 22.1. The molecule has 2 aromatic carbocycles. The van der Waals surface area contributed by atoms with Gasteiger partial charge in [0, 0.05) is 33.8 Å². The van der Waals surface area contributed by atoms with Crippen LogP contribution in [0.4, 0.5) is 17.5 Å². The third kappa shape index (κ3) is 5.60. The largest absolute Gasteiger partial charge is 0.322 e. The van der Waals surface area contributed by atoms with Crippen molar-refractivity contribution in [3.63, 3.8) is 0 Å². The summed E-state index contributed by atoms with van der Waals surface area (Å²) in [6.07, 6.45) is 4.20. The van der Waals surface area contributed by atoms with E-state index in [1.54, 1.807) is 12.1 Å². The van der Waals surface area contributed by atoms with Gasteiger partial charge in [-0.05, 0) is 67.4 Å². The molecule has 3 N–H and O–H groups in total. The summed E-state index contributed by atoms with van der Waals surface area (Å²) in [4.78, 5) is 27.2. The molecule has 1 aliphatic rings. The fraction of sp³-hybridized carbons (Fsp3) is 0.240.